The molecule has 0 radical (unpaired) electrons. The number of hydrogen-bond acceptors (Lipinski definition) is 1. The van der Waals surface area contributed by atoms with Crippen LogP contribution in [0.2, 0.25) is 0 Å². The van der Waals surface area contributed by atoms with Crippen LogP contribution in [0, 0.1) is 11.8 Å². The van der Waals surface area contributed by atoms with Crippen LogP contribution >= 0.6 is 15.9 Å². The van der Waals surface area contributed by atoms with Crippen LogP contribution in [0.25, 0.3) is 0 Å². The number of aliphatic hydroxyl groups is 1. The smallest absolute Gasteiger partial charge is 0.0896 e. The van der Waals surface area contributed by atoms with Gasteiger partial charge < -0.3 is 5.11 Å². The van der Waals surface area contributed by atoms with Gasteiger partial charge in [0.1, 0.15) is 0 Å². The Kier molecular flexibility index (Phi) is 4.50. The van der Waals surface area contributed by atoms with Crippen LogP contribution in [0.15, 0.2) is 28.7 Å². The third kappa shape index (κ3) is 2.97. The summed E-state index contributed by atoms with van der Waals surface area (Å²) in [5, 5.41) is 10.8. The third-order valence-corrected chi connectivity index (χ3v) is 5.18. The molecule has 1 aromatic rings. The van der Waals surface area contributed by atoms with Gasteiger partial charge in [0.05, 0.1) is 5.60 Å². The average Bonchev–Trinajstić information content (AvgIpc) is 2.39. The van der Waals surface area contributed by atoms with Gasteiger partial charge in [-0.25, -0.2) is 0 Å². The molecule has 1 nitrogen and oxygen atoms in total. The summed E-state index contributed by atoms with van der Waals surface area (Å²) in [6, 6.07) is 8.11. The topological polar surface area (TPSA) is 20.2 Å². The highest BCUT2D eigenvalue weighted by atomic mass is 79.9. The third-order valence-electron chi connectivity index (χ3n) is 4.65. The molecule has 1 aliphatic carbocycles. The second-order valence-electron chi connectivity index (χ2n) is 5.78. The second kappa shape index (κ2) is 5.75. The first-order valence-electron chi connectivity index (χ1n) is 7.02. The van der Waals surface area contributed by atoms with Crippen molar-refractivity contribution in [2.45, 2.75) is 51.6 Å². The Labute approximate surface area is 119 Å². The molecule has 0 amide bonds. The maximum absolute atomic E-state index is 10.8. The summed E-state index contributed by atoms with van der Waals surface area (Å²) >= 11 is 3.44. The molecule has 100 valence electrons. The van der Waals surface area contributed by atoms with E-state index in [9.17, 15) is 5.11 Å². The van der Waals surface area contributed by atoms with E-state index in [1.807, 2.05) is 31.2 Å². The van der Waals surface area contributed by atoms with Crippen LogP contribution in [0.3, 0.4) is 0 Å². The fraction of sp³-hybridized carbons (Fsp3) is 0.625. The zero-order valence-corrected chi connectivity index (χ0v) is 12.9. The van der Waals surface area contributed by atoms with Gasteiger partial charge in [-0.2, -0.15) is 0 Å². The Balaban J connectivity index is 2.09. The van der Waals surface area contributed by atoms with E-state index >= 15 is 0 Å². The summed E-state index contributed by atoms with van der Waals surface area (Å²) in [4.78, 5) is 0. The standard InChI is InChI=1S/C16H23BrO/c1-3-12-4-6-13(7-5-12)16(2,18)14-8-10-15(17)11-9-14/h8-13,18H,3-7H2,1-2H3. The van der Waals surface area contributed by atoms with Crippen molar-refractivity contribution in [3.05, 3.63) is 34.3 Å². The Hall–Kier alpha value is -0.340. The molecule has 2 heteroatoms. The highest BCUT2D eigenvalue weighted by molar-refractivity contribution is 9.10. The maximum Gasteiger partial charge on any atom is 0.0896 e. The average molecular weight is 311 g/mol. The molecule has 1 aromatic carbocycles. The van der Waals surface area contributed by atoms with Crippen molar-refractivity contribution in [3.63, 3.8) is 0 Å². The van der Waals surface area contributed by atoms with Gasteiger partial charge >= 0.3 is 0 Å². The minimum Gasteiger partial charge on any atom is -0.385 e. The van der Waals surface area contributed by atoms with Crippen molar-refractivity contribution >= 4 is 15.9 Å². The molecule has 0 bridgehead atoms. The summed E-state index contributed by atoms with van der Waals surface area (Å²) < 4.78 is 1.07. The number of benzene rings is 1. The monoisotopic (exact) mass is 310 g/mol. The van der Waals surface area contributed by atoms with Gasteiger partial charge in [-0.05, 0) is 49.3 Å². The molecule has 1 unspecified atom stereocenters. The zero-order chi connectivity index (χ0) is 13.2. The summed E-state index contributed by atoms with van der Waals surface area (Å²) in [5.41, 5.74) is 0.366. The van der Waals surface area contributed by atoms with E-state index in [0.29, 0.717) is 5.92 Å². The molecule has 1 saturated carbocycles. The lowest BCUT2D eigenvalue weighted by Crippen LogP contribution is -2.34. The van der Waals surface area contributed by atoms with E-state index in [4.69, 9.17) is 0 Å². The fourth-order valence-electron chi connectivity index (χ4n) is 3.16. The lowest BCUT2D eigenvalue weighted by Gasteiger charge is -2.38. The van der Waals surface area contributed by atoms with E-state index in [2.05, 4.69) is 22.9 Å². The van der Waals surface area contributed by atoms with Crippen LogP contribution in [-0.4, -0.2) is 5.11 Å². The molecule has 1 aliphatic rings. The van der Waals surface area contributed by atoms with Crippen molar-refractivity contribution in [2.24, 2.45) is 11.8 Å². The molecular formula is C16H23BrO. The minimum absolute atomic E-state index is 0.404. The van der Waals surface area contributed by atoms with E-state index in [1.54, 1.807) is 0 Å². The lowest BCUT2D eigenvalue weighted by molar-refractivity contribution is -0.0276. The number of hydrogen-bond donors (Lipinski definition) is 1. The van der Waals surface area contributed by atoms with Crippen LogP contribution in [-0.2, 0) is 5.60 Å². The molecule has 1 N–H and O–H groups in total. The van der Waals surface area contributed by atoms with Gasteiger partial charge in [-0.3, -0.25) is 0 Å². The van der Waals surface area contributed by atoms with E-state index in [1.165, 1.54) is 19.3 Å². The van der Waals surface area contributed by atoms with Crippen molar-refractivity contribution < 1.29 is 5.11 Å². The normalized spacial score (nSPS) is 27.8. The van der Waals surface area contributed by atoms with Gasteiger partial charge in [-0.1, -0.05) is 54.2 Å². The van der Waals surface area contributed by atoms with Crippen LogP contribution in [0.4, 0.5) is 0 Å². The summed E-state index contributed by atoms with van der Waals surface area (Å²) in [6.45, 7) is 4.25. The van der Waals surface area contributed by atoms with Crippen molar-refractivity contribution in [3.8, 4) is 0 Å². The van der Waals surface area contributed by atoms with Crippen molar-refractivity contribution in [1.82, 2.24) is 0 Å². The second-order valence-corrected chi connectivity index (χ2v) is 6.70. The molecule has 2 rings (SSSR count). The first-order valence-corrected chi connectivity index (χ1v) is 7.81. The molecule has 0 spiro atoms. The highest BCUT2D eigenvalue weighted by Gasteiger charge is 2.35. The predicted octanol–water partition coefficient (Wildman–Crippen LogP) is 4.87. The Morgan fingerprint density at radius 2 is 1.72 bits per heavy atom. The predicted molar refractivity (Wildman–Crippen MR) is 79.5 cm³/mol. The maximum atomic E-state index is 10.8. The van der Waals surface area contributed by atoms with Gasteiger partial charge in [0.15, 0.2) is 0 Å². The molecule has 1 atom stereocenters. The Bertz CT molecular complexity index is 375. The zero-order valence-electron chi connectivity index (χ0n) is 11.3. The van der Waals surface area contributed by atoms with Crippen molar-refractivity contribution in [1.29, 1.82) is 0 Å². The molecule has 0 aromatic heterocycles. The first kappa shape index (κ1) is 14.1. The molecular weight excluding hydrogens is 288 g/mol. The van der Waals surface area contributed by atoms with Crippen LogP contribution in [0.1, 0.15) is 51.5 Å². The fourth-order valence-corrected chi connectivity index (χ4v) is 3.42. The number of halogens is 1. The highest BCUT2D eigenvalue weighted by Crippen LogP contribution is 2.41. The molecule has 1 fully saturated rings. The molecule has 18 heavy (non-hydrogen) atoms. The molecule has 0 aliphatic heterocycles. The summed E-state index contributed by atoms with van der Waals surface area (Å²) in [6.07, 6.45) is 6.14. The van der Waals surface area contributed by atoms with Gasteiger partial charge in [0, 0.05) is 4.47 Å². The van der Waals surface area contributed by atoms with Crippen LogP contribution in [0.5, 0.6) is 0 Å². The van der Waals surface area contributed by atoms with Gasteiger partial charge in [0.2, 0.25) is 0 Å². The summed E-state index contributed by atoms with van der Waals surface area (Å²) in [7, 11) is 0. The van der Waals surface area contributed by atoms with Gasteiger partial charge in [-0.15, -0.1) is 0 Å². The Morgan fingerprint density at radius 3 is 2.22 bits per heavy atom. The summed E-state index contributed by atoms with van der Waals surface area (Å²) in [5.74, 6) is 1.28. The minimum atomic E-state index is -0.681. The Morgan fingerprint density at radius 1 is 1.17 bits per heavy atom. The van der Waals surface area contributed by atoms with E-state index in [0.717, 1.165) is 28.8 Å². The first-order chi connectivity index (χ1) is 8.54. The molecule has 0 heterocycles. The number of rotatable bonds is 3. The largest absolute Gasteiger partial charge is 0.385 e. The van der Waals surface area contributed by atoms with Crippen LogP contribution < -0.4 is 0 Å². The van der Waals surface area contributed by atoms with E-state index < -0.39 is 5.60 Å². The van der Waals surface area contributed by atoms with Crippen molar-refractivity contribution in [2.75, 3.05) is 0 Å². The van der Waals surface area contributed by atoms with Gasteiger partial charge in [0.25, 0.3) is 0 Å². The lowest BCUT2D eigenvalue weighted by atomic mass is 9.71. The molecule has 0 saturated heterocycles. The SMILES string of the molecule is CCC1CCC(C(C)(O)c2ccc(Br)cc2)CC1. The van der Waals surface area contributed by atoms with E-state index in [-0.39, 0.29) is 0 Å². The quantitative estimate of drug-likeness (QED) is 0.844.